The maximum absolute atomic E-state index is 12.8. The number of rotatable bonds is 2. The van der Waals surface area contributed by atoms with Gasteiger partial charge in [-0.3, -0.25) is 4.79 Å². The predicted octanol–water partition coefficient (Wildman–Crippen LogP) is 3.70. The van der Waals surface area contributed by atoms with Gasteiger partial charge in [0.1, 0.15) is 5.56 Å². The Labute approximate surface area is 149 Å². The van der Waals surface area contributed by atoms with Gasteiger partial charge in [-0.25, -0.2) is 9.50 Å². The Bertz CT molecular complexity index is 758. The molecule has 2 aromatic rings. The van der Waals surface area contributed by atoms with Crippen LogP contribution >= 0.6 is 0 Å². The minimum Gasteiger partial charge on any atom is -0.349 e. The Morgan fingerprint density at radius 3 is 2.64 bits per heavy atom. The number of nitrogens with one attached hydrogen (secondary N) is 1. The molecule has 2 aliphatic rings. The molecule has 4 rings (SSSR count). The first kappa shape index (κ1) is 16.6. The van der Waals surface area contributed by atoms with E-state index in [1.807, 2.05) is 10.7 Å². The maximum atomic E-state index is 12.8. The highest BCUT2D eigenvalue weighted by molar-refractivity contribution is 5.99. The van der Waals surface area contributed by atoms with Crippen molar-refractivity contribution in [2.24, 2.45) is 5.92 Å². The average Bonchev–Trinajstić information content (AvgIpc) is 3.01. The Hall–Kier alpha value is -1.91. The third-order valence-corrected chi connectivity index (χ3v) is 5.92. The van der Waals surface area contributed by atoms with Crippen LogP contribution in [0.3, 0.4) is 0 Å². The van der Waals surface area contributed by atoms with E-state index in [1.54, 1.807) is 6.20 Å². The van der Waals surface area contributed by atoms with Crippen molar-refractivity contribution in [3.8, 4) is 0 Å². The van der Waals surface area contributed by atoms with Gasteiger partial charge in [-0.1, -0.05) is 19.8 Å². The van der Waals surface area contributed by atoms with E-state index in [9.17, 15) is 4.79 Å². The molecule has 0 saturated heterocycles. The van der Waals surface area contributed by atoms with Crippen molar-refractivity contribution in [3.63, 3.8) is 0 Å². The van der Waals surface area contributed by atoms with Crippen molar-refractivity contribution >= 4 is 11.6 Å². The number of aryl methyl sites for hydroxylation is 2. The lowest BCUT2D eigenvalue weighted by Gasteiger charge is -2.26. The first-order valence-electron chi connectivity index (χ1n) is 9.87. The summed E-state index contributed by atoms with van der Waals surface area (Å²) in [6.45, 7) is 2.29. The van der Waals surface area contributed by atoms with Crippen molar-refractivity contribution in [1.82, 2.24) is 19.9 Å². The molecule has 2 aromatic heterocycles. The second kappa shape index (κ2) is 7.14. The molecule has 0 radical (unpaired) electrons. The van der Waals surface area contributed by atoms with E-state index in [2.05, 4.69) is 22.3 Å². The van der Waals surface area contributed by atoms with Crippen LogP contribution in [-0.4, -0.2) is 26.5 Å². The number of carbonyl (C=O) groups excluding carboxylic acids is 1. The summed E-state index contributed by atoms with van der Waals surface area (Å²) in [5.74, 6) is 0.763. The third kappa shape index (κ3) is 3.42. The standard InChI is InChI=1S/C20H28N4O/c1-14-8-10-16(11-9-14)23-20(25)17-13-22-24-18-7-5-3-2-4-6-15(18)12-21-19(17)24/h12-14,16H,2-11H2,1H3,(H,23,25). The molecule has 1 amide bonds. The Kier molecular flexibility index (Phi) is 4.73. The van der Waals surface area contributed by atoms with Crippen molar-refractivity contribution < 1.29 is 4.79 Å². The third-order valence-electron chi connectivity index (χ3n) is 5.92. The van der Waals surface area contributed by atoms with Crippen molar-refractivity contribution in [2.45, 2.75) is 77.2 Å². The molecule has 5 nitrogen and oxygen atoms in total. The van der Waals surface area contributed by atoms with Gasteiger partial charge in [0.2, 0.25) is 0 Å². The highest BCUT2D eigenvalue weighted by Gasteiger charge is 2.23. The van der Waals surface area contributed by atoms with Crippen LogP contribution in [0.4, 0.5) is 0 Å². The van der Waals surface area contributed by atoms with Crippen molar-refractivity contribution in [3.05, 3.63) is 29.2 Å². The minimum absolute atomic E-state index is 0.0205. The summed E-state index contributed by atoms with van der Waals surface area (Å²) in [6, 6.07) is 0.294. The summed E-state index contributed by atoms with van der Waals surface area (Å²) in [7, 11) is 0. The van der Waals surface area contributed by atoms with Crippen LogP contribution in [0.2, 0.25) is 0 Å². The van der Waals surface area contributed by atoms with E-state index in [0.29, 0.717) is 17.3 Å². The zero-order chi connectivity index (χ0) is 17.2. The minimum atomic E-state index is -0.0205. The SMILES string of the molecule is CC1CCC(NC(=O)c2cnn3c4c(cnc23)CCCCCC4)CC1. The lowest BCUT2D eigenvalue weighted by atomic mass is 9.87. The fourth-order valence-corrected chi connectivity index (χ4v) is 4.28. The second-order valence-corrected chi connectivity index (χ2v) is 7.87. The molecular weight excluding hydrogens is 312 g/mol. The van der Waals surface area contributed by atoms with Crippen LogP contribution in [0.25, 0.3) is 5.65 Å². The Morgan fingerprint density at radius 1 is 1.08 bits per heavy atom. The van der Waals surface area contributed by atoms with E-state index >= 15 is 0 Å². The Morgan fingerprint density at radius 2 is 1.84 bits per heavy atom. The summed E-state index contributed by atoms with van der Waals surface area (Å²) in [6.07, 6.45) is 15.3. The largest absolute Gasteiger partial charge is 0.349 e. The topological polar surface area (TPSA) is 59.3 Å². The monoisotopic (exact) mass is 340 g/mol. The molecule has 2 aliphatic carbocycles. The molecule has 0 aromatic carbocycles. The van der Waals surface area contributed by atoms with Gasteiger partial charge < -0.3 is 5.32 Å². The van der Waals surface area contributed by atoms with Gasteiger partial charge >= 0.3 is 0 Å². The van der Waals surface area contributed by atoms with Crippen LogP contribution < -0.4 is 5.32 Å². The maximum Gasteiger partial charge on any atom is 0.256 e. The van der Waals surface area contributed by atoms with Crippen molar-refractivity contribution in [2.75, 3.05) is 0 Å². The van der Waals surface area contributed by atoms with Gasteiger partial charge in [0.05, 0.1) is 6.20 Å². The van der Waals surface area contributed by atoms with Crippen LogP contribution in [0.5, 0.6) is 0 Å². The van der Waals surface area contributed by atoms with E-state index in [4.69, 9.17) is 0 Å². The van der Waals surface area contributed by atoms with Crippen LogP contribution in [0, 0.1) is 5.92 Å². The molecule has 134 valence electrons. The predicted molar refractivity (Wildman–Crippen MR) is 97.7 cm³/mol. The molecule has 0 spiro atoms. The molecule has 0 aliphatic heterocycles. The summed E-state index contributed by atoms with van der Waals surface area (Å²) in [4.78, 5) is 17.3. The zero-order valence-corrected chi connectivity index (χ0v) is 15.1. The molecular formula is C20H28N4O. The van der Waals surface area contributed by atoms with E-state index in [0.717, 1.165) is 31.6 Å². The number of amides is 1. The normalized spacial score (nSPS) is 24.4. The van der Waals surface area contributed by atoms with E-state index in [1.165, 1.54) is 49.8 Å². The zero-order valence-electron chi connectivity index (χ0n) is 15.1. The molecule has 2 heterocycles. The Balaban J connectivity index is 1.58. The average molecular weight is 340 g/mol. The molecule has 0 unspecified atom stereocenters. The van der Waals surface area contributed by atoms with Crippen LogP contribution in [0.1, 0.15) is 79.9 Å². The lowest BCUT2D eigenvalue weighted by Crippen LogP contribution is -2.37. The number of fused-ring (bicyclic) bond motifs is 3. The number of hydrogen-bond donors (Lipinski definition) is 1. The number of nitrogens with zero attached hydrogens (tertiary/aromatic N) is 3. The molecule has 1 N–H and O–H groups in total. The van der Waals surface area contributed by atoms with Gasteiger partial charge in [-0.15, -0.1) is 0 Å². The van der Waals surface area contributed by atoms with Crippen molar-refractivity contribution in [1.29, 1.82) is 0 Å². The summed E-state index contributed by atoms with van der Waals surface area (Å²) >= 11 is 0. The molecule has 1 saturated carbocycles. The highest BCUT2D eigenvalue weighted by Crippen LogP contribution is 2.25. The number of carbonyl (C=O) groups is 1. The summed E-state index contributed by atoms with van der Waals surface area (Å²) in [5, 5.41) is 7.73. The van der Waals surface area contributed by atoms with Gasteiger partial charge in [0.15, 0.2) is 5.65 Å². The quantitative estimate of drug-likeness (QED) is 0.907. The molecule has 1 fully saturated rings. The number of aromatic nitrogens is 3. The fourth-order valence-electron chi connectivity index (χ4n) is 4.28. The molecule has 5 heteroatoms. The fraction of sp³-hybridized carbons (Fsp3) is 0.650. The summed E-state index contributed by atoms with van der Waals surface area (Å²) < 4.78 is 1.92. The smallest absolute Gasteiger partial charge is 0.256 e. The molecule has 0 atom stereocenters. The van der Waals surface area contributed by atoms with E-state index in [-0.39, 0.29) is 5.91 Å². The highest BCUT2D eigenvalue weighted by atomic mass is 16.1. The number of hydrogen-bond acceptors (Lipinski definition) is 3. The second-order valence-electron chi connectivity index (χ2n) is 7.87. The first-order chi connectivity index (χ1) is 12.2. The van der Waals surface area contributed by atoms with Gasteiger partial charge in [0.25, 0.3) is 5.91 Å². The lowest BCUT2D eigenvalue weighted by molar-refractivity contribution is 0.0924. The van der Waals surface area contributed by atoms with Gasteiger partial charge in [0, 0.05) is 17.9 Å². The van der Waals surface area contributed by atoms with Gasteiger partial charge in [-0.05, 0) is 62.8 Å². The molecule has 0 bridgehead atoms. The molecule has 25 heavy (non-hydrogen) atoms. The van der Waals surface area contributed by atoms with Gasteiger partial charge in [-0.2, -0.15) is 5.10 Å². The van der Waals surface area contributed by atoms with Crippen LogP contribution in [-0.2, 0) is 12.8 Å². The first-order valence-corrected chi connectivity index (χ1v) is 9.87. The van der Waals surface area contributed by atoms with E-state index < -0.39 is 0 Å². The van der Waals surface area contributed by atoms with Crippen LogP contribution in [0.15, 0.2) is 12.4 Å². The summed E-state index contributed by atoms with van der Waals surface area (Å²) in [5.41, 5.74) is 3.86.